The Morgan fingerprint density at radius 3 is 1.76 bits per heavy atom. The van der Waals surface area contributed by atoms with Gasteiger partial charge in [-0.3, -0.25) is 4.79 Å². The van der Waals surface area contributed by atoms with Crippen molar-refractivity contribution in [3.63, 3.8) is 0 Å². The molecule has 2 aliphatic rings. The van der Waals surface area contributed by atoms with Gasteiger partial charge in [0.1, 0.15) is 11.9 Å². The number of aliphatic hydroxyl groups excluding tert-OH is 4. The van der Waals surface area contributed by atoms with E-state index in [4.69, 9.17) is 9.47 Å². The molecule has 2 aliphatic heterocycles. The molecule has 1 saturated heterocycles. The van der Waals surface area contributed by atoms with E-state index in [0.717, 1.165) is 77.0 Å². The first kappa shape index (κ1) is 39.9. The largest absolute Gasteiger partial charge is 0.455 e. The van der Waals surface area contributed by atoms with Gasteiger partial charge in [0.25, 0.3) is 0 Å². The summed E-state index contributed by atoms with van der Waals surface area (Å²) in [5.41, 5.74) is 0.555. The first-order valence-corrected chi connectivity index (χ1v) is 18.5. The van der Waals surface area contributed by atoms with Crippen molar-refractivity contribution in [3.05, 3.63) is 11.6 Å². The summed E-state index contributed by atoms with van der Waals surface area (Å²) in [5, 5.41) is 41.7. The fourth-order valence-corrected chi connectivity index (χ4v) is 6.66. The Morgan fingerprint density at radius 1 is 0.711 bits per heavy atom. The standard InChI is InChI=1S/C37H66O8/c1-3-4-5-6-7-8-10-17-30(38)19-13-15-22-33(41)35-24-25-36(45-35)34(42)23-16-14-20-31(39)18-11-9-12-21-32(40)27-29-26-28(2)44-37(29)43/h26,28,30,32-36,38,40-42H,3-25,27H2,1-2H3. The molecule has 8 nitrogen and oxygen atoms in total. The van der Waals surface area contributed by atoms with Crippen molar-refractivity contribution in [2.24, 2.45) is 0 Å². The van der Waals surface area contributed by atoms with Crippen molar-refractivity contribution in [3.8, 4) is 0 Å². The van der Waals surface area contributed by atoms with Gasteiger partial charge in [-0.2, -0.15) is 0 Å². The molecule has 7 atom stereocenters. The number of carbonyl (C=O) groups is 2. The average molecular weight is 639 g/mol. The van der Waals surface area contributed by atoms with Crippen LogP contribution in [0.5, 0.6) is 0 Å². The van der Waals surface area contributed by atoms with Crippen molar-refractivity contribution in [1.29, 1.82) is 0 Å². The van der Waals surface area contributed by atoms with Gasteiger partial charge in [0, 0.05) is 24.8 Å². The van der Waals surface area contributed by atoms with Gasteiger partial charge < -0.3 is 29.9 Å². The molecule has 0 amide bonds. The van der Waals surface area contributed by atoms with Gasteiger partial charge in [-0.1, -0.05) is 84.0 Å². The summed E-state index contributed by atoms with van der Waals surface area (Å²) < 4.78 is 11.1. The van der Waals surface area contributed by atoms with Crippen molar-refractivity contribution in [2.75, 3.05) is 0 Å². The second kappa shape index (κ2) is 23.9. The van der Waals surface area contributed by atoms with Gasteiger partial charge in [0.05, 0.1) is 36.6 Å². The SMILES string of the molecule is CCCCCCCCCC(O)CCCCC(O)C1CCC(C(O)CCCCC(=O)CCCCCC(O)CC2=CC(C)OC2=O)O1. The lowest BCUT2D eigenvalue weighted by molar-refractivity contribution is -0.139. The van der Waals surface area contributed by atoms with Crippen LogP contribution in [0.3, 0.4) is 0 Å². The third-order valence-corrected chi connectivity index (χ3v) is 9.52. The zero-order valence-electron chi connectivity index (χ0n) is 28.5. The molecule has 4 N–H and O–H groups in total. The number of ketones is 1. The van der Waals surface area contributed by atoms with Crippen molar-refractivity contribution >= 4 is 11.8 Å². The van der Waals surface area contributed by atoms with Crippen LogP contribution in [0.1, 0.15) is 168 Å². The van der Waals surface area contributed by atoms with Crippen LogP contribution >= 0.6 is 0 Å². The van der Waals surface area contributed by atoms with Crippen LogP contribution in [-0.2, 0) is 19.1 Å². The lowest BCUT2D eigenvalue weighted by Crippen LogP contribution is -2.31. The van der Waals surface area contributed by atoms with E-state index in [9.17, 15) is 30.0 Å². The predicted octanol–water partition coefficient (Wildman–Crippen LogP) is 7.02. The van der Waals surface area contributed by atoms with E-state index in [1.807, 2.05) is 0 Å². The van der Waals surface area contributed by atoms with Crippen LogP contribution < -0.4 is 0 Å². The quantitative estimate of drug-likeness (QED) is 0.0531. The summed E-state index contributed by atoms with van der Waals surface area (Å²) in [6, 6.07) is 0. The molecule has 7 unspecified atom stereocenters. The van der Waals surface area contributed by atoms with Crippen LogP contribution in [0, 0.1) is 0 Å². The first-order chi connectivity index (χ1) is 21.7. The second-order valence-electron chi connectivity index (χ2n) is 13.8. The highest BCUT2D eigenvalue weighted by Gasteiger charge is 2.34. The molecular weight excluding hydrogens is 572 g/mol. The summed E-state index contributed by atoms with van der Waals surface area (Å²) in [6.07, 6.45) is 20.2. The topological polar surface area (TPSA) is 134 Å². The van der Waals surface area contributed by atoms with E-state index >= 15 is 0 Å². The summed E-state index contributed by atoms with van der Waals surface area (Å²) in [5.74, 6) is -0.0926. The summed E-state index contributed by atoms with van der Waals surface area (Å²) >= 11 is 0. The number of aliphatic hydroxyl groups is 4. The number of hydrogen-bond donors (Lipinski definition) is 4. The van der Waals surface area contributed by atoms with Gasteiger partial charge in [-0.25, -0.2) is 4.79 Å². The maximum atomic E-state index is 12.3. The molecule has 8 heteroatoms. The third-order valence-electron chi connectivity index (χ3n) is 9.52. The lowest BCUT2D eigenvalue weighted by Gasteiger charge is -2.22. The molecule has 262 valence electrons. The summed E-state index contributed by atoms with van der Waals surface area (Å²) in [6.45, 7) is 4.03. The third kappa shape index (κ3) is 18.0. The van der Waals surface area contributed by atoms with E-state index in [-0.39, 0.29) is 36.2 Å². The number of cyclic esters (lactones) is 1. The highest BCUT2D eigenvalue weighted by atomic mass is 16.5. The fraction of sp³-hybridized carbons (Fsp3) is 0.892. The van der Waals surface area contributed by atoms with E-state index in [1.54, 1.807) is 13.0 Å². The number of ether oxygens (including phenoxy) is 2. The van der Waals surface area contributed by atoms with E-state index in [0.29, 0.717) is 44.1 Å². The Balaban J connectivity index is 1.42. The molecule has 0 radical (unpaired) electrons. The van der Waals surface area contributed by atoms with Crippen LogP contribution in [0.15, 0.2) is 11.6 Å². The molecule has 0 saturated carbocycles. The van der Waals surface area contributed by atoms with Crippen LogP contribution in [0.2, 0.25) is 0 Å². The highest BCUT2D eigenvalue weighted by Crippen LogP contribution is 2.28. The molecule has 1 fully saturated rings. The number of hydrogen-bond acceptors (Lipinski definition) is 8. The minimum absolute atomic E-state index is 0.215. The lowest BCUT2D eigenvalue weighted by atomic mass is 9.99. The van der Waals surface area contributed by atoms with E-state index in [2.05, 4.69) is 6.92 Å². The molecule has 2 rings (SSSR count). The van der Waals surface area contributed by atoms with Gasteiger partial charge in [-0.05, 0) is 70.8 Å². The molecule has 2 heterocycles. The van der Waals surface area contributed by atoms with E-state index in [1.165, 1.54) is 38.5 Å². The Labute approximate surface area is 273 Å². The minimum atomic E-state index is -0.574. The molecule has 45 heavy (non-hydrogen) atoms. The minimum Gasteiger partial charge on any atom is -0.455 e. The number of Topliss-reactive ketones (excluding diaryl/α,β-unsaturated/α-hetero) is 1. The van der Waals surface area contributed by atoms with Gasteiger partial charge >= 0.3 is 5.97 Å². The molecule has 0 aromatic heterocycles. The van der Waals surface area contributed by atoms with Gasteiger partial charge in [0.2, 0.25) is 0 Å². The van der Waals surface area contributed by atoms with Crippen molar-refractivity contribution in [1.82, 2.24) is 0 Å². The van der Waals surface area contributed by atoms with Crippen molar-refractivity contribution < 1.29 is 39.5 Å². The molecule has 0 spiro atoms. The molecule has 0 aromatic rings. The number of rotatable bonds is 28. The second-order valence-corrected chi connectivity index (χ2v) is 13.8. The molecule has 0 aromatic carbocycles. The normalized spacial score (nSPS) is 22.7. The highest BCUT2D eigenvalue weighted by molar-refractivity contribution is 5.90. The van der Waals surface area contributed by atoms with E-state index < -0.39 is 18.3 Å². The monoisotopic (exact) mass is 638 g/mol. The van der Waals surface area contributed by atoms with Crippen molar-refractivity contribution in [2.45, 2.75) is 211 Å². The summed E-state index contributed by atoms with van der Waals surface area (Å²) in [7, 11) is 0. The maximum absolute atomic E-state index is 12.3. The maximum Gasteiger partial charge on any atom is 0.334 e. The predicted molar refractivity (Wildman–Crippen MR) is 178 cm³/mol. The van der Waals surface area contributed by atoms with Crippen LogP contribution in [0.25, 0.3) is 0 Å². The Bertz CT molecular complexity index is 829. The molecule has 0 bridgehead atoms. The van der Waals surface area contributed by atoms with Gasteiger partial charge in [0.15, 0.2) is 0 Å². The van der Waals surface area contributed by atoms with Crippen LogP contribution in [0.4, 0.5) is 0 Å². The molecular formula is C37H66O8. The smallest absolute Gasteiger partial charge is 0.334 e. The zero-order chi connectivity index (χ0) is 32.9. The average Bonchev–Trinajstić information content (AvgIpc) is 3.63. The van der Waals surface area contributed by atoms with Gasteiger partial charge in [-0.15, -0.1) is 0 Å². The number of unbranched alkanes of at least 4 members (excludes halogenated alkanes) is 10. The molecule has 0 aliphatic carbocycles. The van der Waals surface area contributed by atoms with Crippen LogP contribution in [-0.4, -0.2) is 74.9 Å². The Hall–Kier alpha value is -1.32. The zero-order valence-corrected chi connectivity index (χ0v) is 28.5. The number of esters is 1. The Kier molecular flexibility index (Phi) is 21.2. The first-order valence-electron chi connectivity index (χ1n) is 18.5. The number of carbonyl (C=O) groups excluding carboxylic acids is 2. The Morgan fingerprint density at radius 2 is 1.18 bits per heavy atom. The fourth-order valence-electron chi connectivity index (χ4n) is 6.66. The summed E-state index contributed by atoms with van der Waals surface area (Å²) in [4.78, 5) is 23.9.